The van der Waals surface area contributed by atoms with E-state index in [0.717, 1.165) is 22.8 Å². The van der Waals surface area contributed by atoms with Gasteiger partial charge in [0.2, 0.25) is 0 Å². The van der Waals surface area contributed by atoms with Gasteiger partial charge in [0.25, 0.3) is 5.91 Å². The molecule has 1 amide bonds. The first-order valence-corrected chi connectivity index (χ1v) is 8.65. The van der Waals surface area contributed by atoms with Crippen molar-refractivity contribution in [3.8, 4) is 0 Å². The largest absolute Gasteiger partial charge is 0.341 e. The minimum Gasteiger partial charge on any atom is -0.341 e. The second-order valence-electron chi connectivity index (χ2n) is 5.83. The van der Waals surface area contributed by atoms with Crippen molar-refractivity contribution in [1.82, 2.24) is 10.3 Å². The second-order valence-corrected chi connectivity index (χ2v) is 6.54. The van der Waals surface area contributed by atoms with E-state index in [-0.39, 0.29) is 15.9 Å². The highest BCUT2D eigenvalue weighted by atomic mass is 35.5. The van der Waals surface area contributed by atoms with E-state index in [1.807, 2.05) is 61.5 Å². The summed E-state index contributed by atoms with van der Waals surface area (Å²) in [6, 6.07) is 17.9. The number of carbonyl (C=O) groups excluding carboxylic acids is 1. The molecule has 0 aliphatic carbocycles. The second kappa shape index (κ2) is 7.85. The van der Waals surface area contributed by atoms with E-state index in [0.29, 0.717) is 0 Å². The predicted molar refractivity (Wildman–Crippen MR) is 101 cm³/mol. The number of benzene rings is 2. The molecule has 3 aromatic rings. The summed E-state index contributed by atoms with van der Waals surface area (Å²) < 4.78 is 13.7. The van der Waals surface area contributed by atoms with Crippen molar-refractivity contribution in [2.24, 2.45) is 0 Å². The Morgan fingerprint density at radius 3 is 2.27 bits per heavy atom. The Labute approximate surface area is 160 Å². The third-order valence-electron chi connectivity index (χ3n) is 3.95. The minimum absolute atomic E-state index is 0.0680. The normalized spacial score (nSPS) is 11.8. The van der Waals surface area contributed by atoms with Gasteiger partial charge in [0.15, 0.2) is 11.0 Å². The maximum Gasteiger partial charge on any atom is 0.255 e. The number of nitrogens with one attached hydrogen (secondary N) is 1. The molecule has 0 spiro atoms. The van der Waals surface area contributed by atoms with Crippen molar-refractivity contribution in [3.63, 3.8) is 0 Å². The molecule has 26 heavy (non-hydrogen) atoms. The molecule has 0 aliphatic rings. The van der Waals surface area contributed by atoms with Gasteiger partial charge in [-0.15, -0.1) is 0 Å². The van der Waals surface area contributed by atoms with E-state index in [1.165, 1.54) is 0 Å². The van der Waals surface area contributed by atoms with Gasteiger partial charge < -0.3 is 5.32 Å². The fourth-order valence-electron chi connectivity index (χ4n) is 2.58. The zero-order valence-corrected chi connectivity index (χ0v) is 15.4. The topological polar surface area (TPSA) is 42.0 Å². The number of hydrogen-bond donors (Lipinski definition) is 1. The molecule has 1 heterocycles. The number of hydrogen-bond acceptors (Lipinski definition) is 2. The molecule has 0 saturated heterocycles. The van der Waals surface area contributed by atoms with Crippen LogP contribution in [0.3, 0.4) is 0 Å². The Kier molecular flexibility index (Phi) is 5.55. The first kappa shape index (κ1) is 18.4. The SMILES string of the molecule is Cc1ccc([C@@H](NC(=O)c2cc(F)c(Cl)nc2Cl)c2ccccc2)cc1. The standard InChI is InChI=1S/C20H15Cl2FN2O/c1-12-7-9-14(10-8-12)17(13-5-3-2-4-6-13)24-20(26)15-11-16(23)19(22)25-18(15)21/h2-11,17H,1H3,(H,24,26)/t17-/m0/s1. The molecule has 1 atom stereocenters. The fraction of sp³-hybridized carbons (Fsp3) is 0.100. The molecule has 132 valence electrons. The number of amides is 1. The zero-order valence-electron chi connectivity index (χ0n) is 13.8. The quantitative estimate of drug-likeness (QED) is 0.611. The molecule has 0 fully saturated rings. The van der Waals surface area contributed by atoms with Crippen molar-refractivity contribution in [3.05, 3.63) is 99.0 Å². The maximum absolute atomic E-state index is 13.7. The van der Waals surface area contributed by atoms with Gasteiger partial charge in [-0.3, -0.25) is 4.79 Å². The van der Waals surface area contributed by atoms with Crippen LogP contribution in [0.25, 0.3) is 0 Å². The molecular weight excluding hydrogens is 374 g/mol. The van der Waals surface area contributed by atoms with Crippen LogP contribution in [0, 0.1) is 12.7 Å². The van der Waals surface area contributed by atoms with Gasteiger partial charge in [0.05, 0.1) is 11.6 Å². The lowest BCUT2D eigenvalue weighted by molar-refractivity contribution is 0.0942. The van der Waals surface area contributed by atoms with Crippen molar-refractivity contribution in [2.75, 3.05) is 0 Å². The van der Waals surface area contributed by atoms with Crippen molar-refractivity contribution < 1.29 is 9.18 Å². The van der Waals surface area contributed by atoms with Crippen LogP contribution in [0.2, 0.25) is 10.3 Å². The molecule has 0 radical (unpaired) electrons. The molecule has 1 aromatic heterocycles. The number of nitrogens with zero attached hydrogens (tertiary/aromatic N) is 1. The van der Waals surface area contributed by atoms with Crippen LogP contribution < -0.4 is 5.32 Å². The fourth-order valence-corrected chi connectivity index (χ4v) is 2.98. The van der Waals surface area contributed by atoms with E-state index in [2.05, 4.69) is 10.3 Å². The van der Waals surface area contributed by atoms with E-state index in [9.17, 15) is 9.18 Å². The number of pyridine rings is 1. The number of halogens is 3. The van der Waals surface area contributed by atoms with Crippen LogP contribution in [0.5, 0.6) is 0 Å². The highest BCUT2D eigenvalue weighted by Gasteiger charge is 2.21. The maximum atomic E-state index is 13.7. The van der Waals surface area contributed by atoms with Gasteiger partial charge in [-0.2, -0.15) is 0 Å². The summed E-state index contributed by atoms with van der Waals surface area (Å²) >= 11 is 11.6. The first-order valence-electron chi connectivity index (χ1n) is 7.89. The van der Waals surface area contributed by atoms with E-state index >= 15 is 0 Å². The third kappa shape index (κ3) is 4.03. The van der Waals surface area contributed by atoms with Gasteiger partial charge in [-0.1, -0.05) is 83.4 Å². The summed E-state index contributed by atoms with van der Waals surface area (Å²) in [6.07, 6.45) is 0. The lowest BCUT2D eigenvalue weighted by Gasteiger charge is -2.20. The molecule has 0 aliphatic heterocycles. The van der Waals surface area contributed by atoms with Crippen LogP contribution in [0.15, 0.2) is 60.7 Å². The monoisotopic (exact) mass is 388 g/mol. The minimum atomic E-state index is -0.798. The number of carbonyl (C=O) groups is 1. The van der Waals surface area contributed by atoms with Crippen LogP contribution in [-0.2, 0) is 0 Å². The van der Waals surface area contributed by atoms with E-state index < -0.39 is 17.8 Å². The molecular formula is C20H15Cl2FN2O. The molecule has 0 unspecified atom stereocenters. The van der Waals surface area contributed by atoms with E-state index in [1.54, 1.807) is 0 Å². The molecule has 0 saturated carbocycles. The van der Waals surface area contributed by atoms with E-state index in [4.69, 9.17) is 23.2 Å². The molecule has 3 rings (SSSR count). The summed E-state index contributed by atoms with van der Waals surface area (Å²) in [6.45, 7) is 1.99. The van der Waals surface area contributed by atoms with Crippen molar-refractivity contribution in [2.45, 2.75) is 13.0 Å². The highest BCUT2D eigenvalue weighted by Crippen LogP contribution is 2.25. The summed E-state index contributed by atoms with van der Waals surface area (Å²) in [7, 11) is 0. The summed E-state index contributed by atoms with van der Waals surface area (Å²) in [4.78, 5) is 16.4. The Balaban J connectivity index is 1.97. The molecule has 1 N–H and O–H groups in total. The Morgan fingerprint density at radius 1 is 1.00 bits per heavy atom. The van der Waals surface area contributed by atoms with Crippen LogP contribution >= 0.6 is 23.2 Å². The number of aryl methyl sites for hydroxylation is 1. The molecule has 2 aromatic carbocycles. The van der Waals surface area contributed by atoms with Gasteiger partial charge in [-0.05, 0) is 24.1 Å². The number of rotatable bonds is 4. The van der Waals surface area contributed by atoms with Gasteiger partial charge in [0, 0.05) is 0 Å². The predicted octanol–water partition coefficient (Wildman–Crippen LogP) is 5.36. The Hall–Kier alpha value is -2.43. The Bertz CT molecular complexity index is 931. The average molecular weight is 389 g/mol. The van der Waals surface area contributed by atoms with Crippen LogP contribution in [-0.4, -0.2) is 10.9 Å². The van der Waals surface area contributed by atoms with Crippen molar-refractivity contribution in [1.29, 1.82) is 0 Å². The highest BCUT2D eigenvalue weighted by molar-refractivity contribution is 6.34. The summed E-state index contributed by atoms with van der Waals surface area (Å²) in [5.41, 5.74) is 2.83. The van der Waals surface area contributed by atoms with Crippen LogP contribution in [0.1, 0.15) is 33.1 Å². The van der Waals surface area contributed by atoms with Crippen molar-refractivity contribution >= 4 is 29.1 Å². The van der Waals surface area contributed by atoms with Gasteiger partial charge in [-0.25, -0.2) is 9.37 Å². The molecule has 0 bridgehead atoms. The molecule has 6 heteroatoms. The Morgan fingerprint density at radius 2 is 1.62 bits per heavy atom. The number of aromatic nitrogens is 1. The average Bonchev–Trinajstić information content (AvgIpc) is 2.64. The van der Waals surface area contributed by atoms with Gasteiger partial charge in [0.1, 0.15) is 5.15 Å². The van der Waals surface area contributed by atoms with Gasteiger partial charge >= 0.3 is 0 Å². The smallest absolute Gasteiger partial charge is 0.255 e. The first-order chi connectivity index (χ1) is 12.5. The summed E-state index contributed by atoms with van der Waals surface area (Å²) in [5.74, 6) is -1.33. The van der Waals surface area contributed by atoms with Crippen LogP contribution in [0.4, 0.5) is 4.39 Å². The summed E-state index contributed by atoms with van der Waals surface area (Å²) in [5, 5.41) is 2.38. The molecule has 3 nitrogen and oxygen atoms in total. The lowest BCUT2D eigenvalue weighted by Crippen LogP contribution is -2.29. The third-order valence-corrected chi connectivity index (χ3v) is 4.50. The zero-order chi connectivity index (χ0) is 18.7. The lowest BCUT2D eigenvalue weighted by atomic mass is 9.97.